The Balaban J connectivity index is 2.72. The third-order valence-electron chi connectivity index (χ3n) is 2.10. The molecule has 0 bridgehead atoms. The molecule has 0 saturated carbocycles. The van der Waals surface area contributed by atoms with Crippen LogP contribution in [0.2, 0.25) is 0 Å². The van der Waals surface area contributed by atoms with Crippen molar-refractivity contribution in [1.82, 2.24) is 0 Å². The number of phenols is 1. The van der Waals surface area contributed by atoms with Gasteiger partial charge in [0.05, 0.1) is 0 Å². The molecule has 0 aliphatic carbocycles. The van der Waals surface area contributed by atoms with Crippen LogP contribution in [-0.2, 0) is 0 Å². The second-order valence-corrected chi connectivity index (χ2v) is 4.53. The summed E-state index contributed by atoms with van der Waals surface area (Å²) in [6, 6.07) is 3.85. The molecule has 1 aromatic carbocycles. The van der Waals surface area contributed by atoms with E-state index >= 15 is 0 Å². The maximum absolute atomic E-state index is 9.47. The summed E-state index contributed by atoms with van der Waals surface area (Å²) in [6.45, 7) is 4.68. The third-order valence-corrected chi connectivity index (χ3v) is 3.34. The molecule has 0 aliphatic heterocycles. The van der Waals surface area contributed by atoms with Crippen LogP contribution in [0.5, 0.6) is 5.75 Å². The maximum Gasteiger partial charge on any atom is 0.118 e. The number of thioether (sulfide) groups is 1. The molecule has 78 valence electrons. The van der Waals surface area contributed by atoms with Gasteiger partial charge in [0.15, 0.2) is 0 Å². The topological polar surface area (TPSA) is 46.2 Å². The number of aromatic hydroxyl groups is 1. The molecular weight excluding hydrogens is 194 g/mol. The molecular formula is C11H17NOS. The molecule has 0 aromatic heterocycles. The third kappa shape index (κ3) is 2.93. The zero-order chi connectivity index (χ0) is 10.6. The highest BCUT2D eigenvalue weighted by molar-refractivity contribution is 7.99. The minimum absolute atomic E-state index is 0.380. The molecule has 0 fully saturated rings. The number of hydrogen-bond donors (Lipinski definition) is 2. The van der Waals surface area contributed by atoms with Crippen LogP contribution in [0, 0.1) is 13.8 Å². The fraction of sp³-hybridized carbons (Fsp3) is 0.455. The first kappa shape index (κ1) is 11.4. The van der Waals surface area contributed by atoms with Crippen LogP contribution in [-0.4, -0.2) is 17.4 Å². The normalized spacial score (nSPS) is 10.5. The lowest BCUT2D eigenvalue weighted by Crippen LogP contribution is -1.99. The predicted molar refractivity (Wildman–Crippen MR) is 62.0 cm³/mol. The van der Waals surface area contributed by atoms with Gasteiger partial charge in [-0.1, -0.05) is 0 Å². The second-order valence-electron chi connectivity index (χ2n) is 3.39. The molecule has 3 heteroatoms. The summed E-state index contributed by atoms with van der Waals surface area (Å²) >= 11 is 1.80. The summed E-state index contributed by atoms with van der Waals surface area (Å²) in [7, 11) is 0. The Morgan fingerprint density at radius 1 is 1.29 bits per heavy atom. The van der Waals surface area contributed by atoms with E-state index < -0.39 is 0 Å². The molecule has 0 amide bonds. The molecule has 3 N–H and O–H groups in total. The monoisotopic (exact) mass is 211 g/mol. The Bertz CT molecular complexity index is 312. The summed E-state index contributed by atoms with van der Waals surface area (Å²) < 4.78 is 0. The maximum atomic E-state index is 9.47. The van der Waals surface area contributed by atoms with Gasteiger partial charge < -0.3 is 10.8 Å². The van der Waals surface area contributed by atoms with E-state index in [1.807, 2.05) is 26.0 Å². The van der Waals surface area contributed by atoms with E-state index in [2.05, 4.69) is 0 Å². The molecule has 0 unspecified atom stereocenters. The van der Waals surface area contributed by atoms with Gasteiger partial charge in [-0.25, -0.2) is 0 Å². The van der Waals surface area contributed by atoms with Crippen molar-refractivity contribution in [2.45, 2.75) is 25.2 Å². The van der Waals surface area contributed by atoms with Crippen LogP contribution in [0.4, 0.5) is 0 Å². The van der Waals surface area contributed by atoms with Gasteiger partial charge in [-0.2, -0.15) is 0 Å². The number of phenolic OH excluding ortho intramolecular Hbond substituents is 1. The average Bonchev–Trinajstić information content (AvgIpc) is 2.14. The molecule has 0 spiro atoms. The van der Waals surface area contributed by atoms with Crippen molar-refractivity contribution < 1.29 is 5.11 Å². The van der Waals surface area contributed by atoms with Crippen molar-refractivity contribution in [3.63, 3.8) is 0 Å². The largest absolute Gasteiger partial charge is 0.508 e. The first-order chi connectivity index (χ1) is 6.65. The van der Waals surface area contributed by atoms with Crippen LogP contribution in [0.15, 0.2) is 17.0 Å². The summed E-state index contributed by atoms with van der Waals surface area (Å²) in [5.41, 5.74) is 7.50. The van der Waals surface area contributed by atoms with Gasteiger partial charge in [0, 0.05) is 4.90 Å². The Labute approximate surface area is 89.5 Å². The summed E-state index contributed by atoms with van der Waals surface area (Å²) in [5.74, 6) is 1.42. The van der Waals surface area contributed by atoms with Gasteiger partial charge in [-0.3, -0.25) is 0 Å². The highest BCUT2D eigenvalue weighted by Gasteiger charge is 2.03. The van der Waals surface area contributed by atoms with E-state index in [4.69, 9.17) is 5.73 Å². The lowest BCUT2D eigenvalue weighted by atomic mass is 10.1. The fourth-order valence-corrected chi connectivity index (χ4v) is 2.27. The van der Waals surface area contributed by atoms with Crippen molar-refractivity contribution in [1.29, 1.82) is 0 Å². The Kier molecular flexibility index (Phi) is 4.29. The van der Waals surface area contributed by atoms with Gasteiger partial charge in [0.1, 0.15) is 5.75 Å². The molecule has 14 heavy (non-hydrogen) atoms. The van der Waals surface area contributed by atoms with Gasteiger partial charge >= 0.3 is 0 Å². The first-order valence-electron chi connectivity index (χ1n) is 4.78. The summed E-state index contributed by atoms with van der Waals surface area (Å²) in [4.78, 5) is 1.24. The molecule has 2 nitrogen and oxygen atoms in total. The van der Waals surface area contributed by atoms with Crippen LogP contribution in [0.1, 0.15) is 17.5 Å². The predicted octanol–water partition coefficient (Wildman–Crippen LogP) is 2.45. The zero-order valence-corrected chi connectivity index (χ0v) is 9.53. The van der Waals surface area contributed by atoms with Crippen molar-refractivity contribution >= 4 is 11.8 Å². The quantitative estimate of drug-likeness (QED) is 0.594. The van der Waals surface area contributed by atoms with Crippen LogP contribution < -0.4 is 5.73 Å². The number of benzene rings is 1. The van der Waals surface area contributed by atoms with Gasteiger partial charge in [0.25, 0.3) is 0 Å². The van der Waals surface area contributed by atoms with Crippen LogP contribution in [0.3, 0.4) is 0 Å². The SMILES string of the molecule is Cc1cc(SCCCN)c(C)cc1O. The molecule has 0 saturated heterocycles. The van der Waals surface area contributed by atoms with Gasteiger partial charge in [-0.05, 0) is 55.8 Å². The minimum atomic E-state index is 0.380. The van der Waals surface area contributed by atoms with E-state index in [1.54, 1.807) is 11.8 Å². The number of rotatable bonds is 4. The Morgan fingerprint density at radius 3 is 2.64 bits per heavy atom. The highest BCUT2D eigenvalue weighted by Crippen LogP contribution is 2.28. The van der Waals surface area contributed by atoms with Crippen molar-refractivity contribution in [3.05, 3.63) is 23.3 Å². The molecule has 1 aromatic rings. The molecule has 1 rings (SSSR count). The molecule has 0 atom stereocenters. The smallest absolute Gasteiger partial charge is 0.118 e. The van der Waals surface area contributed by atoms with Crippen LogP contribution in [0.25, 0.3) is 0 Å². The Morgan fingerprint density at radius 2 is 2.00 bits per heavy atom. The first-order valence-corrected chi connectivity index (χ1v) is 5.76. The van der Waals surface area contributed by atoms with Crippen molar-refractivity contribution in [2.75, 3.05) is 12.3 Å². The van der Waals surface area contributed by atoms with Gasteiger partial charge in [0.2, 0.25) is 0 Å². The summed E-state index contributed by atoms with van der Waals surface area (Å²) in [6.07, 6.45) is 1.03. The molecule has 0 aliphatic rings. The number of aryl methyl sites for hydroxylation is 2. The van der Waals surface area contributed by atoms with Crippen LogP contribution >= 0.6 is 11.8 Å². The van der Waals surface area contributed by atoms with Gasteiger partial charge in [-0.15, -0.1) is 11.8 Å². The van der Waals surface area contributed by atoms with E-state index in [-0.39, 0.29) is 0 Å². The average molecular weight is 211 g/mol. The standard InChI is InChI=1S/C11H17NOS/c1-8-7-11(14-5-3-4-12)9(2)6-10(8)13/h6-7,13H,3-5,12H2,1-2H3. The second kappa shape index (κ2) is 5.27. The highest BCUT2D eigenvalue weighted by atomic mass is 32.2. The zero-order valence-electron chi connectivity index (χ0n) is 8.71. The fourth-order valence-electron chi connectivity index (χ4n) is 1.20. The lowest BCUT2D eigenvalue weighted by molar-refractivity contribution is 0.470. The van der Waals surface area contributed by atoms with E-state index in [0.717, 1.165) is 29.8 Å². The van der Waals surface area contributed by atoms with E-state index in [1.165, 1.54) is 4.90 Å². The lowest BCUT2D eigenvalue weighted by Gasteiger charge is -2.07. The number of nitrogens with two attached hydrogens (primary N) is 1. The number of hydrogen-bond acceptors (Lipinski definition) is 3. The van der Waals surface area contributed by atoms with E-state index in [9.17, 15) is 5.11 Å². The van der Waals surface area contributed by atoms with Crippen molar-refractivity contribution in [3.8, 4) is 5.75 Å². The van der Waals surface area contributed by atoms with Crippen molar-refractivity contribution in [2.24, 2.45) is 5.73 Å². The molecule has 0 heterocycles. The molecule has 0 radical (unpaired) electrons. The minimum Gasteiger partial charge on any atom is -0.508 e. The van der Waals surface area contributed by atoms with E-state index in [0.29, 0.717) is 5.75 Å². The Hall–Kier alpha value is -0.670. The summed E-state index contributed by atoms with van der Waals surface area (Å²) in [5, 5.41) is 9.47.